The molecule has 0 unspecified atom stereocenters. The average molecular weight is 287 g/mol. The van der Waals surface area contributed by atoms with E-state index in [9.17, 15) is 9.59 Å². The minimum Gasteiger partial charge on any atom is -0.466 e. The molecular formula is C15H17N3O3. The number of carbonyl (C=O) groups excluding carboxylic acids is 2. The van der Waals surface area contributed by atoms with Gasteiger partial charge in [0, 0.05) is 18.4 Å². The Morgan fingerprint density at radius 1 is 1.14 bits per heavy atom. The molecule has 1 heterocycles. The van der Waals surface area contributed by atoms with Gasteiger partial charge in [-0.05, 0) is 25.5 Å². The molecule has 0 fully saturated rings. The van der Waals surface area contributed by atoms with Crippen molar-refractivity contribution >= 4 is 11.8 Å². The number of nitrogens with zero attached hydrogens (tertiary/aromatic N) is 3. The van der Waals surface area contributed by atoms with Gasteiger partial charge in [0.1, 0.15) is 0 Å². The molecule has 1 aromatic carbocycles. The molecule has 0 saturated heterocycles. The third kappa shape index (κ3) is 3.98. The van der Waals surface area contributed by atoms with E-state index in [4.69, 9.17) is 4.74 Å². The number of rotatable bonds is 7. The van der Waals surface area contributed by atoms with Crippen molar-refractivity contribution in [2.24, 2.45) is 0 Å². The molecule has 0 N–H and O–H groups in total. The summed E-state index contributed by atoms with van der Waals surface area (Å²) in [5, 5.41) is 8.08. The smallest absolute Gasteiger partial charge is 0.305 e. The minimum absolute atomic E-state index is 0.0350. The molecule has 0 bridgehead atoms. The second-order valence-corrected chi connectivity index (χ2v) is 4.42. The maximum absolute atomic E-state index is 12.3. The van der Waals surface area contributed by atoms with E-state index in [0.29, 0.717) is 24.3 Å². The molecule has 0 aliphatic rings. The van der Waals surface area contributed by atoms with E-state index in [-0.39, 0.29) is 24.6 Å². The lowest BCUT2D eigenvalue weighted by atomic mass is 10.0. The fraction of sp³-hybridized carbons (Fsp3) is 0.333. The molecule has 2 aromatic rings. The maximum atomic E-state index is 12.3. The fourth-order valence-electron chi connectivity index (χ4n) is 1.99. The summed E-state index contributed by atoms with van der Waals surface area (Å²) >= 11 is 0. The van der Waals surface area contributed by atoms with Crippen molar-refractivity contribution in [1.29, 1.82) is 0 Å². The van der Waals surface area contributed by atoms with Gasteiger partial charge < -0.3 is 4.74 Å². The van der Waals surface area contributed by atoms with Crippen molar-refractivity contribution in [3.05, 3.63) is 42.2 Å². The molecule has 1 aromatic heterocycles. The van der Waals surface area contributed by atoms with Crippen LogP contribution >= 0.6 is 0 Å². The lowest BCUT2D eigenvalue weighted by molar-refractivity contribution is -0.143. The molecule has 110 valence electrons. The molecular weight excluding hydrogens is 270 g/mol. The monoisotopic (exact) mass is 287 g/mol. The number of para-hydroxylation sites is 1. The van der Waals surface area contributed by atoms with Crippen LogP contribution in [0.3, 0.4) is 0 Å². The molecule has 0 amide bonds. The zero-order valence-electron chi connectivity index (χ0n) is 11.9. The van der Waals surface area contributed by atoms with Crippen LogP contribution < -0.4 is 0 Å². The van der Waals surface area contributed by atoms with Gasteiger partial charge >= 0.3 is 5.97 Å². The summed E-state index contributed by atoms with van der Waals surface area (Å²) in [4.78, 5) is 25.0. The Bertz CT molecular complexity index is 608. The molecule has 21 heavy (non-hydrogen) atoms. The highest BCUT2D eigenvalue weighted by atomic mass is 16.5. The maximum Gasteiger partial charge on any atom is 0.305 e. The van der Waals surface area contributed by atoms with Crippen molar-refractivity contribution < 1.29 is 14.3 Å². The first-order chi connectivity index (χ1) is 10.2. The number of Topliss-reactive ketones (excluding diaryl/α,β-unsaturated/α-hetero) is 1. The Morgan fingerprint density at radius 3 is 2.57 bits per heavy atom. The topological polar surface area (TPSA) is 74.1 Å². The minimum atomic E-state index is -0.271. The third-order valence-corrected chi connectivity index (χ3v) is 2.93. The SMILES string of the molecule is CCOC(=O)CCCC(=O)c1ccccc1-n1nccn1. The first-order valence-corrected chi connectivity index (χ1v) is 6.87. The molecule has 0 aliphatic heterocycles. The van der Waals surface area contributed by atoms with E-state index in [2.05, 4.69) is 10.2 Å². The normalized spacial score (nSPS) is 10.3. The molecule has 2 rings (SSSR count). The van der Waals surface area contributed by atoms with Gasteiger partial charge in [0.05, 0.1) is 24.7 Å². The Labute approximate surface area is 122 Å². The molecule has 6 heteroatoms. The van der Waals surface area contributed by atoms with Crippen LogP contribution in [0.2, 0.25) is 0 Å². The van der Waals surface area contributed by atoms with Gasteiger partial charge in [-0.25, -0.2) is 0 Å². The van der Waals surface area contributed by atoms with Crippen molar-refractivity contribution in [2.45, 2.75) is 26.2 Å². The van der Waals surface area contributed by atoms with E-state index in [1.807, 2.05) is 6.07 Å². The van der Waals surface area contributed by atoms with E-state index in [1.165, 1.54) is 4.80 Å². The number of benzene rings is 1. The van der Waals surface area contributed by atoms with Crippen LogP contribution in [-0.4, -0.2) is 33.4 Å². The predicted octanol–water partition coefficient (Wildman–Crippen LogP) is 2.18. The van der Waals surface area contributed by atoms with Gasteiger partial charge in [-0.3, -0.25) is 9.59 Å². The number of aromatic nitrogens is 3. The Hall–Kier alpha value is -2.50. The van der Waals surface area contributed by atoms with Crippen molar-refractivity contribution in [3.8, 4) is 5.69 Å². The number of ketones is 1. The second kappa shape index (κ2) is 7.33. The van der Waals surface area contributed by atoms with Gasteiger partial charge in [0.25, 0.3) is 0 Å². The zero-order valence-corrected chi connectivity index (χ0v) is 11.9. The van der Waals surface area contributed by atoms with Gasteiger partial charge in [-0.1, -0.05) is 12.1 Å². The van der Waals surface area contributed by atoms with Crippen molar-refractivity contribution in [2.75, 3.05) is 6.61 Å². The average Bonchev–Trinajstić information content (AvgIpc) is 3.01. The summed E-state index contributed by atoms with van der Waals surface area (Å²) < 4.78 is 4.84. The van der Waals surface area contributed by atoms with Gasteiger partial charge in [0.15, 0.2) is 5.78 Å². The van der Waals surface area contributed by atoms with Crippen LogP contribution in [0.5, 0.6) is 0 Å². The highest BCUT2D eigenvalue weighted by Gasteiger charge is 2.14. The number of hydrogen-bond donors (Lipinski definition) is 0. The molecule has 0 aliphatic carbocycles. The van der Waals surface area contributed by atoms with Crippen LogP contribution in [0.25, 0.3) is 5.69 Å². The Morgan fingerprint density at radius 2 is 1.86 bits per heavy atom. The van der Waals surface area contributed by atoms with E-state index >= 15 is 0 Å². The largest absolute Gasteiger partial charge is 0.466 e. The summed E-state index contributed by atoms with van der Waals surface area (Å²) in [7, 11) is 0. The summed E-state index contributed by atoms with van der Waals surface area (Å²) in [5.41, 5.74) is 1.20. The molecule has 6 nitrogen and oxygen atoms in total. The standard InChI is InChI=1S/C15H17N3O3/c1-2-21-15(20)9-5-8-14(19)12-6-3-4-7-13(12)18-16-10-11-17-18/h3-4,6-7,10-11H,2,5,8-9H2,1H3. The fourth-order valence-corrected chi connectivity index (χ4v) is 1.99. The number of esters is 1. The lowest BCUT2D eigenvalue weighted by Crippen LogP contribution is -2.09. The molecule has 0 radical (unpaired) electrons. The van der Waals surface area contributed by atoms with E-state index in [0.717, 1.165) is 0 Å². The van der Waals surface area contributed by atoms with Crippen LogP contribution in [0, 0.1) is 0 Å². The van der Waals surface area contributed by atoms with E-state index < -0.39 is 0 Å². The quantitative estimate of drug-likeness (QED) is 0.576. The first kappa shape index (κ1) is 14.9. The molecule has 0 atom stereocenters. The predicted molar refractivity (Wildman–Crippen MR) is 76.2 cm³/mol. The Kier molecular flexibility index (Phi) is 5.20. The van der Waals surface area contributed by atoms with Crippen molar-refractivity contribution in [1.82, 2.24) is 15.0 Å². The Balaban J connectivity index is 2.02. The van der Waals surface area contributed by atoms with Crippen LogP contribution in [-0.2, 0) is 9.53 Å². The second-order valence-electron chi connectivity index (χ2n) is 4.42. The van der Waals surface area contributed by atoms with Crippen LogP contribution in [0.4, 0.5) is 0 Å². The summed E-state index contributed by atoms with van der Waals surface area (Å²) in [6, 6.07) is 7.16. The van der Waals surface area contributed by atoms with E-state index in [1.54, 1.807) is 37.5 Å². The first-order valence-electron chi connectivity index (χ1n) is 6.87. The zero-order chi connectivity index (χ0) is 15.1. The number of hydrogen-bond acceptors (Lipinski definition) is 5. The van der Waals surface area contributed by atoms with Crippen molar-refractivity contribution in [3.63, 3.8) is 0 Å². The summed E-state index contributed by atoms with van der Waals surface area (Å²) in [6.07, 6.45) is 4.13. The van der Waals surface area contributed by atoms with Crippen LogP contribution in [0.15, 0.2) is 36.7 Å². The highest BCUT2D eigenvalue weighted by Crippen LogP contribution is 2.15. The third-order valence-electron chi connectivity index (χ3n) is 2.93. The summed E-state index contributed by atoms with van der Waals surface area (Å²) in [6.45, 7) is 2.12. The number of ether oxygens (including phenoxy) is 1. The lowest BCUT2D eigenvalue weighted by Gasteiger charge is -2.07. The van der Waals surface area contributed by atoms with Crippen LogP contribution in [0.1, 0.15) is 36.5 Å². The van der Waals surface area contributed by atoms with Gasteiger partial charge in [-0.15, -0.1) is 0 Å². The molecule has 0 saturated carbocycles. The highest BCUT2D eigenvalue weighted by molar-refractivity contribution is 5.99. The van der Waals surface area contributed by atoms with Gasteiger partial charge in [0.2, 0.25) is 0 Å². The number of carbonyl (C=O) groups is 2. The van der Waals surface area contributed by atoms with Gasteiger partial charge in [-0.2, -0.15) is 15.0 Å². The molecule has 0 spiro atoms. The summed E-state index contributed by atoms with van der Waals surface area (Å²) in [5.74, 6) is -0.306.